The van der Waals surface area contributed by atoms with E-state index in [4.69, 9.17) is 0 Å². The summed E-state index contributed by atoms with van der Waals surface area (Å²) in [5.41, 5.74) is 1.88. The fourth-order valence-electron chi connectivity index (χ4n) is 1.96. The van der Waals surface area contributed by atoms with Gasteiger partial charge in [0.05, 0.1) is 17.4 Å². The van der Waals surface area contributed by atoms with Crippen LogP contribution in [-0.2, 0) is 13.5 Å². The Hall–Kier alpha value is -2.50. The first-order chi connectivity index (χ1) is 9.33. The standard InChI is InChI=1S/C13H14N6/c1-19-9-15-13(18-19)6-7-14-12-8-16-17-11-5-3-2-4-10(11)12/h2-5,8-9H,6-7H2,1H3,(H,14,17). The number of aryl methyl sites for hydroxylation is 1. The van der Waals surface area contributed by atoms with E-state index in [0.29, 0.717) is 0 Å². The summed E-state index contributed by atoms with van der Waals surface area (Å²) in [6.45, 7) is 0.764. The minimum atomic E-state index is 0.764. The Morgan fingerprint density at radius 1 is 1.26 bits per heavy atom. The van der Waals surface area contributed by atoms with E-state index in [0.717, 1.165) is 35.4 Å². The van der Waals surface area contributed by atoms with Crippen LogP contribution in [0.15, 0.2) is 36.8 Å². The lowest BCUT2D eigenvalue weighted by molar-refractivity contribution is 0.742. The van der Waals surface area contributed by atoms with Crippen LogP contribution in [-0.4, -0.2) is 31.5 Å². The van der Waals surface area contributed by atoms with Gasteiger partial charge in [0.1, 0.15) is 6.33 Å². The summed E-state index contributed by atoms with van der Waals surface area (Å²) in [5, 5.41) is 16.8. The van der Waals surface area contributed by atoms with E-state index < -0.39 is 0 Å². The van der Waals surface area contributed by atoms with Gasteiger partial charge in [0.15, 0.2) is 5.82 Å². The van der Waals surface area contributed by atoms with Crippen molar-refractivity contribution in [3.05, 3.63) is 42.6 Å². The SMILES string of the molecule is Cn1cnc(CCNc2cnnc3ccccc23)n1. The highest BCUT2D eigenvalue weighted by Crippen LogP contribution is 2.19. The van der Waals surface area contributed by atoms with E-state index in [1.54, 1.807) is 17.2 Å². The summed E-state index contributed by atoms with van der Waals surface area (Å²) < 4.78 is 1.71. The van der Waals surface area contributed by atoms with Crippen LogP contribution in [0.25, 0.3) is 10.9 Å². The second-order valence-electron chi connectivity index (χ2n) is 4.29. The average Bonchev–Trinajstić information content (AvgIpc) is 2.85. The number of aromatic nitrogens is 5. The first-order valence-corrected chi connectivity index (χ1v) is 6.12. The predicted molar refractivity (Wildman–Crippen MR) is 72.7 cm³/mol. The number of rotatable bonds is 4. The average molecular weight is 254 g/mol. The molecule has 0 fully saturated rings. The van der Waals surface area contributed by atoms with Crippen molar-refractivity contribution >= 4 is 16.6 Å². The highest BCUT2D eigenvalue weighted by Gasteiger charge is 2.03. The Labute approximate surface area is 110 Å². The topological polar surface area (TPSA) is 68.5 Å². The van der Waals surface area contributed by atoms with Crippen molar-refractivity contribution in [2.45, 2.75) is 6.42 Å². The molecule has 3 aromatic rings. The molecule has 0 aliphatic rings. The Morgan fingerprint density at radius 3 is 3.00 bits per heavy atom. The molecule has 2 heterocycles. The zero-order valence-electron chi connectivity index (χ0n) is 10.6. The number of fused-ring (bicyclic) bond motifs is 1. The van der Waals surface area contributed by atoms with Crippen LogP contribution >= 0.6 is 0 Å². The molecular weight excluding hydrogens is 240 g/mol. The minimum absolute atomic E-state index is 0.764. The van der Waals surface area contributed by atoms with Crippen LogP contribution in [0.4, 0.5) is 5.69 Å². The second kappa shape index (κ2) is 5.01. The lowest BCUT2D eigenvalue weighted by atomic mass is 10.2. The van der Waals surface area contributed by atoms with Gasteiger partial charge in [0.2, 0.25) is 0 Å². The van der Waals surface area contributed by atoms with Crippen molar-refractivity contribution in [3.63, 3.8) is 0 Å². The molecule has 0 amide bonds. The van der Waals surface area contributed by atoms with E-state index in [9.17, 15) is 0 Å². The number of nitrogens with zero attached hydrogens (tertiary/aromatic N) is 5. The maximum atomic E-state index is 4.24. The monoisotopic (exact) mass is 254 g/mol. The van der Waals surface area contributed by atoms with Crippen LogP contribution in [0.5, 0.6) is 0 Å². The van der Waals surface area contributed by atoms with E-state index in [1.807, 2.05) is 31.3 Å². The quantitative estimate of drug-likeness (QED) is 0.762. The van der Waals surface area contributed by atoms with Crippen molar-refractivity contribution < 1.29 is 0 Å². The molecule has 0 bridgehead atoms. The molecule has 0 radical (unpaired) electrons. The number of hydrogen-bond acceptors (Lipinski definition) is 5. The third-order valence-corrected chi connectivity index (χ3v) is 2.86. The van der Waals surface area contributed by atoms with Gasteiger partial charge in [-0.3, -0.25) is 4.68 Å². The lowest BCUT2D eigenvalue weighted by Gasteiger charge is -2.07. The van der Waals surface area contributed by atoms with Gasteiger partial charge in [-0.2, -0.15) is 15.3 Å². The van der Waals surface area contributed by atoms with Crippen LogP contribution in [0.3, 0.4) is 0 Å². The largest absolute Gasteiger partial charge is 0.383 e. The molecule has 96 valence electrons. The van der Waals surface area contributed by atoms with Gasteiger partial charge >= 0.3 is 0 Å². The van der Waals surface area contributed by atoms with Gasteiger partial charge in [0.25, 0.3) is 0 Å². The summed E-state index contributed by atoms with van der Waals surface area (Å²) >= 11 is 0. The van der Waals surface area contributed by atoms with E-state index in [2.05, 4.69) is 25.6 Å². The van der Waals surface area contributed by atoms with Gasteiger partial charge in [-0.1, -0.05) is 18.2 Å². The molecule has 0 aliphatic carbocycles. The summed E-state index contributed by atoms with van der Waals surface area (Å²) in [6, 6.07) is 7.94. The molecule has 3 rings (SSSR count). The zero-order valence-corrected chi connectivity index (χ0v) is 10.6. The van der Waals surface area contributed by atoms with Crippen LogP contribution in [0.2, 0.25) is 0 Å². The van der Waals surface area contributed by atoms with Crippen molar-refractivity contribution in [2.24, 2.45) is 7.05 Å². The number of hydrogen-bond donors (Lipinski definition) is 1. The molecule has 0 spiro atoms. The van der Waals surface area contributed by atoms with Crippen LogP contribution in [0.1, 0.15) is 5.82 Å². The Kier molecular flexibility index (Phi) is 3.06. The van der Waals surface area contributed by atoms with Gasteiger partial charge in [-0.15, -0.1) is 0 Å². The molecule has 19 heavy (non-hydrogen) atoms. The molecule has 0 saturated heterocycles. The Balaban J connectivity index is 1.71. The number of benzene rings is 1. The maximum absolute atomic E-state index is 4.24. The molecular formula is C13H14N6. The number of nitrogens with one attached hydrogen (secondary N) is 1. The fraction of sp³-hybridized carbons (Fsp3) is 0.231. The fourth-order valence-corrected chi connectivity index (χ4v) is 1.96. The van der Waals surface area contributed by atoms with Gasteiger partial charge in [-0.05, 0) is 6.07 Å². The van der Waals surface area contributed by atoms with Gasteiger partial charge in [0, 0.05) is 25.4 Å². The van der Waals surface area contributed by atoms with Crippen molar-refractivity contribution in [3.8, 4) is 0 Å². The van der Waals surface area contributed by atoms with E-state index in [1.165, 1.54) is 0 Å². The molecule has 1 N–H and O–H groups in total. The highest BCUT2D eigenvalue weighted by atomic mass is 15.3. The third-order valence-electron chi connectivity index (χ3n) is 2.86. The highest BCUT2D eigenvalue weighted by molar-refractivity contribution is 5.90. The maximum Gasteiger partial charge on any atom is 0.152 e. The lowest BCUT2D eigenvalue weighted by Crippen LogP contribution is -2.07. The summed E-state index contributed by atoms with van der Waals surface area (Å²) in [6.07, 6.45) is 4.23. The molecule has 0 atom stereocenters. The summed E-state index contributed by atoms with van der Waals surface area (Å²) in [5.74, 6) is 0.835. The second-order valence-corrected chi connectivity index (χ2v) is 4.29. The predicted octanol–water partition coefficient (Wildman–Crippen LogP) is 1.41. The molecule has 1 aromatic carbocycles. The molecule has 2 aromatic heterocycles. The zero-order chi connectivity index (χ0) is 13.1. The molecule has 6 heteroatoms. The minimum Gasteiger partial charge on any atom is -0.383 e. The van der Waals surface area contributed by atoms with Crippen molar-refractivity contribution in [2.75, 3.05) is 11.9 Å². The van der Waals surface area contributed by atoms with E-state index in [-0.39, 0.29) is 0 Å². The van der Waals surface area contributed by atoms with Gasteiger partial charge in [-0.25, -0.2) is 4.98 Å². The van der Waals surface area contributed by atoms with Crippen LogP contribution in [0, 0.1) is 0 Å². The Bertz CT molecular complexity index is 685. The molecule has 0 saturated carbocycles. The number of anilines is 1. The summed E-state index contributed by atoms with van der Waals surface area (Å²) in [7, 11) is 1.87. The molecule has 6 nitrogen and oxygen atoms in total. The third kappa shape index (κ3) is 2.52. The first kappa shape index (κ1) is 11.6. The summed E-state index contributed by atoms with van der Waals surface area (Å²) in [4.78, 5) is 4.19. The molecule has 0 aliphatic heterocycles. The van der Waals surface area contributed by atoms with Crippen molar-refractivity contribution in [1.82, 2.24) is 25.0 Å². The smallest absolute Gasteiger partial charge is 0.152 e. The molecule has 0 unspecified atom stereocenters. The normalized spacial score (nSPS) is 10.8. The first-order valence-electron chi connectivity index (χ1n) is 6.12. The van der Waals surface area contributed by atoms with Crippen LogP contribution < -0.4 is 5.32 Å². The Morgan fingerprint density at radius 2 is 2.16 bits per heavy atom. The van der Waals surface area contributed by atoms with Gasteiger partial charge < -0.3 is 5.32 Å². The van der Waals surface area contributed by atoms with Crippen molar-refractivity contribution in [1.29, 1.82) is 0 Å². The van der Waals surface area contributed by atoms with E-state index >= 15 is 0 Å².